The van der Waals surface area contributed by atoms with Crippen molar-refractivity contribution >= 4 is 5.78 Å². The van der Waals surface area contributed by atoms with Crippen molar-refractivity contribution in [2.75, 3.05) is 13.7 Å². The van der Waals surface area contributed by atoms with Crippen LogP contribution < -0.4 is 10.1 Å². The Hall–Kier alpha value is -1.77. The second-order valence-electron chi connectivity index (χ2n) is 3.97. The zero-order valence-corrected chi connectivity index (χ0v) is 10.6. The number of ether oxygens (including phenoxy) is 1. The van der Waals surface area contributed by atoms with E-state index in [4.69, 9.17) is 4.74 Å². The SMILES string of the molecule is COc1cccc(CCN/C(C)=C/C(C)=O)c1. The van der Waals surface area contributed by atoms with Gasteiger partial charge < -0.3 is 10.1 Å². The molecule has 3 nitrogen and oxygen atoms in total. The molecule has 3 heteroatoms. The minimum absolute atomic E-state index is 0.0661. The Morgan fingerprint density at radius 3 is 2.82 bits per heavy atom. The molecule has 0 saturated heterocycles. The van der Waals surface area contributed by atoms with Gasteiger partial charge in [-0.25, -0.2) is 0 Å². The molecule has 1 aromatic rings. The van der Waals surface area contributed by atoms with Crippen molar-refractivity contribution in [3.63, 3.8) is 0 Å². The average Bonchev–Trinajstić information content (AvgIpc) is 2.28. The molecule has 1 rings (SSSR count). The fraction of sp³-hybridized carbons (Fsp3) is 0.357. The highest BCUT2D eigenvalue weighted by atomic mass is 16.5. The zero-order chi connectivity index (χ0) is 12.7. The largest absolute Gasteiger partial charge is 0.497 e. The fourth-order valence-corrected chi connectivity index (χ4v) is 1.59. The Balaban J connectivity index is 2.43. The standard InChI is InChI=1S/C14H19NO2/c1-11(9-12(2)16)15-8-7-13-5-4-6-14(10-13)17-3/h4-6,9-10,15H,7-8H2,1-3H3/b11-9+. The molecule has 0 heterocycles. The number of hydrogen-bond donors (Lipinski definition) is 1. The molecule has 1 aromatic carbocycles. The first-order chi connectivity index (χ1) is 8.11. The summed E-state index contributed by atoms with van der Waals surface area (Å²) >= 11 is 0. The number of benzene rings is 1. The van der Waals surface area contributed by atoms with Gasteiger partial charge in [0, 0.05) is 12.2 Å². The van der Waals surface area contributed by atoms with Crippen LogP contribution in [0.25, 0.3) is 0 Å². The van der Waals surface area contributed by atoms with Crippen molar-refractivity contribution in [2.45, 2.75) is 20.3 Å². The lowest BCUT2D eigenvalue weighted by molar-refractivity contribution is -0.112. The van der Waals surface area contributed by atoms with Crippen LogP contribution in [0.5, 0.6) is 5.75 Å². The van der Waals surface area contributed by atoms with Crippen molar-refractivity contribution < 1.29 is 9.53 Å². The van der Waals surface area contributed by atoms with Gasteiger partial charge in [-0.15, -0.1) is 0 Å². The Kier molecular flexibility index (Phi) is 5.27. The third-order valence-electron chi connectivity index (χ3n) is 2.37. The molecule has 0 atom stereocenters. The van der Waals surface area contributed by atoms with E-state index in [2.05, 4.69) is 11.4 Å². The predicted octanol–water partition coefficient (Wildman–Crippen LogP) is 2.32. The molecule has 0 fully saturated rings. The first-order valence-corrected chi connectivity index (χ1v) is 5.67. The van der Waals surface area contributed by atoms with E-state index in [0.717, 1.165) is 24.4 Å². The van der Waals surface area contributed by atoms with Gasteiger partial charge in [-0.3, -0.25) is 4.79 Å². The number of rotatable bonds is 6. The summed E-state index contributed by atoms with van der Waals surface area (Å²) in [6, 6.07) is 7.99. The third kappa shape index (κ3) is 5.20. The summed E-state index contributed by atoms with van der Waals surface area (Å²) in [5.41, 5.74) is 2.12. The first-order valence-electron chi connectivity index (χ1n) is 5.67. The molecule has 17 heavy (non-hydrogen) atoms. The highest BCUT2D eigenvalue weighted by Gasteiger charge is 1.96. The second-order valence-corrected chi connectivity index (χ2v) is 3.97. The van der Waals surface area contributed by atoms with Gasteiger partial charge in [-0.1, -0.05) is 12.1 Å². The van der Waals surface area contributed by atoms with Gasteiger partial charge >= 0.3 is 0 Å². The minimum atomic E-state index is 0.0661. The Morgan fingerprint density at radius 1 is 1.41 bits per heavy atom. The molecule has 0 saturated carbocycles. The average molecular weight is 233 g/mol. The maximum atomic E-state index is 10.8. The molecule has 0 aromatic heterocycles. The quantitative estimate of drug-likeness (QED) is 0.766. The molecule has 0 unspecified atom stereocenters. The number of carbonyl (C=O) groups is 1. The van der Waals surface area contributed by atoms with Crippen LogP contribution >= 0.6 is 0 Å². The summed E-state index contributed by atoms with van der Waals surface area (Å²) in [6.45, 7) is 4.25. The fourth-order valence-electron chi connectivity index (χ4n) is 1.59. The van der Waals surface area contributed by atoms with Crippen LogP contribution in [-0.2, 0) is 11.2 Å². The normalized spacial score (nSPS) is 11.1. The number of allylic oxidation sites excluding steroid dienone is 2. The summed E-state index contributed by atoms with van der Waals surface area (Å²) < 4.78 is 5.16. The summed E-state index contributed by atoms with van der Waals surface area (Å²) in [6.07, 6.45) is 2.51. The van der Waals surface area contributed by atoms with Gasteiger partial charge in [0.05, 0.1) is 7.11 Å². The molecule has 92 valence electrons. The van der Waals surface area contributed by atoms with Crippen LogP contribution in [0.2, 0.25) is 0 Å². The van der Waals surface area contributed by atoms with Crippen LogP contribution in [0, 0.1) is 0 Å². The van der Waals surface area contributed by atoms with Gasteiger partial charge in [0.2, 0.25) is 0 Å². The van der Waals surface area contributed by atoms with Crippen molar-refractivity contribution in [1.29, 1.82) is 0 Å². The molecule has 0 aliphatic rings. The minimum Gasteiger partial charge on any atom is -0.497 e. The van der Waals surface area contributed by atoms with Crippen LogP contribution in [0.4, 0.5) is 0 Å². The maximum absolute atomic E-state index is 10.8. The zero-order valence-electron chi connectivity index (χ0n) is 10.6. The number of methoxy groups -OCH3 is 1. The molecule has 0 amide bonds. The van der Waals surface area contributed by atoms with E-state index in [9.17, 15) is 4.79 Å². The molecule has 0 bridgehead atoms. The van der Waals surface area contributed by atoms with E-state index in [1.54, 1.807) is 20.1 Å². The molecular weight excluding hydrogens is 214 g/mol. The van der Waals surface area contributed by atoms with Gasteiger partial charge in [-0.05, 0) is 44.0 Å². The molecule has 0 spiro atoms. The maximum Gasteiger partial charge on any atom is 0.154 e. The van der Waals surface area contributed by atoms with E-state index in [-0.39, 0.29) is 5.78 Å². The molecule has 1 N–H and O–H groups in total. The summed E-state index contributed by atoms with van der Waals surface area (Å²) in [5, 5.41) is 3.20. The van der Waals surface area contributed by atoms with E-state index in [0.29, 0.717) is 0 Å². The van der Waals surface area contributed by atoms with Crippen molar-refractivity contribution in [3.05, 3.63) is 41.6 Å². The van der Waals surface area contributed by atoms with Crippen LogP contribution in [0.15, 0.2) is 36.0 Å². The van der Waals surface area contributed by atoms with Gasteiger partial charge in [0.25, 0.3) is 0 Å². The summed E-state index contributed by atoms with van der Waals surface area (Å²) in [4.78, 5) is 10.8. The summed E-state index contributed by atoms with van der Waals surface area (Å²) in [5.74, 6) is 0.940. The summed E-state index contributed by atoms with van der Waals surface area (Å²) in [7, 11) is 1.66. The van der Waals surface area contributed by atoms with Crippen molar-refractivity contribution in [1.82, 2.24) is 5.32 Å². The van der Waals surface area contributed by atoms with Crippen molar-refractivity contribution in [2.24, 2.45) is 0 Å². The third-order valence-corrected chi connectivity index (χ3v) is 2.37. The van der Waals surface area contributed by atoms with Gasteiger partial charge in [0.15, 0.2) is 5.78 Å². The Morgan fingerprint density at radius 2 is 2.18 bits per heavy atom. The molecule has 0 radical (unpaired) electrons. The monoisotopic (exact) mass is 233 g/mol. The Bertz CT molecular complexity index is 410. The molecule has 0 aliphatic heterocycles. The lowest BCUT2D eigenvalue weighted by Gasteiger charge is -2.07. The number of hydrogen-bond acceptors (Lipinski definition) is 3. The lowest BCUT2D eigenvalue weighted by Crippen LogP contribution is -2.15. The van der Waals surface area contributed by atoms with Crippen LogP contribution in [-0.4, -0.2) is 19.4 Å². The topological polar surface area (TPSA) is 38.3 Å². The number of ketones is 1. The molecular formula is C14H19NO2. The number of carbonyl (C=O) groups excluding carboxylic acids is 1. The van der Waals surface area contributed by atoms with Crippen molar-refractivity contribution in [3.8, 4) is 5.75 Å². The number of nitrogens with one attached hydrogen (secondary N) is 1. The van der Waals surface area contributed by atoms with Crippen LogP contribution in [0.1, 0.15) is 19.4 Å². The highest BCUT2D eigenvalue weighted by Crippen LogP contribution is 2.12. The highest BCUT2D eigenvalue weighted by molar-refractivity contribution is 5.87. The van der Waals surface area contributed by atoms with E-state index >= 15 is 0 Å². The first kappa shape index (κ1) is 13.3. The van der Waals surface area contributed by atoms with E-state index in [1.807, 2.05) is 25.1 Å². The second kappa shape index (κ2) is 6.74. The van der Waals surface area contributed by atoms with Gasteiger partial charge in [-0.2, -0.15) is 0 Å². The predicted molar refractivity (Wildman–Crippen MR) is 69.1 cm³/mol. The Labute approximate surface area is 102 Å². The van der Waals surface area contributed by atoms with E-state index in [1.165, 1.54) is 5.56 Å². The van der Waals surface area contributed by atoms with Gasteiger partial charge in [0.1, 0.15) is 5.75 Å². The van der Waals surface area contributed by atoms with E-state index < -0.39 is 0 Å². The molecule has 0 aliphatic carbocycles. The smallest absolute Gasteiger partial charge is 0.154 e. The van der Waals surface area contributed by atoms with Crippen LogP contribution in [0.3, 0.4) is 0 Å². The lowest BCUT2D eigenvalue weighted by atomic mass is 10.1.